The van der Waals surface area contributed by atoms with E-state index in [2.05, 4.69) is 46.9 Å². The molecular formula is C21H25N3O2. The molecule has 0 aliphatic heterocycles. The summed E-state index contributed by atoms with van der Waals surface area (Å²) in [5.74, 6) is 2.28. The smallest absolute Gasteiger partial charge is 0.203 e. The molecule has 0 unspecified atom stereocenters. The van der Waals surface area contributed by atoms with Gasteiger partial charge in [-0.3, -0.25) is 0 Å². The molecule has 0 aliphatic rings. The number of methoxy groups -OCH3 is 2. The van der Waals surface area contributed by atoms with Crippen molar-refractivity contribution in [2.75, 3.05) is 19.5 Å². The maximum absolute atomic E-state index is 5.36. The highest BCUT2D eigenvalue weighted by atomic mass is 16.5. The fraction of sp³-hybridized carbons (Fsp3) is 0.286. The van der Waals surface area contributed by atoms with Crippen LogP contribution in [0.2, 0.25) is 0 Å². The maximum Gasteiger partial charge on any atom is 0.203 e. The van der Waals surface area contributed by atoms with Gasteiger partial charge in [0.1, 0.15) is 0 Å². The Kier molecular flexibility index (Phi) is 5.16. The molecule has 0 saturated heterocycles. The highest BCUT2D eigenvalue weighted by molar-refractivity contribution is 5.63. The lowest BCUT2D eigenvalue weighted by atomic mass is 10.0. The lowest BCUT2D eigenvalue weighted by molar-refractivity contribution is 0.354. The van der Waals surface area contributed by atoms with E-state index in [9.17, 15) is 0 Å². The Morgan fingerprint density at radius 1 is 0.962 bits per heavy atom. The van der Waals surface area contributed by atoms with Crippen molar-refractivity contribution in [3.63, 3.8) is 0 Å². The Bertz CT molecular complexity index is 916. The Morgan fingerprint density at radius 2 is 1.73 bits per heavy atom. The van der Waals surface area contributed by atoms with Crippen LogP contribution >= 0.6 is 0 Å². The van der Waals surface area contributed by atoms with Gasteiger partial charge in [0.05, 0.1) is 26.1 Å². The van der Waals surface area contributed by atoms with Crippen molar-refractivity contribution in [1.82, 2.24) is 9.55 Å². The summed E-state index contributed by atoms with van der Waals surface area (Å²) < 4.78 is 12.7. The number of benzene rings is 2. The minimum atomic E-state index is 0.650. The lowest BCUT2D eigenvalue weighted by Gasteiger charge is -2.12. The highest BCUT2D eigenvalue weighted by Crippen LogP contribution is 2.28. The predicted molar refractivity (Wildman–Crippen MR) is 105 cm³/mol. The molecule has 5 nitrogen and oxygen atoms in total. The van der Waals surface area contributed by atoms with Gasteiger partial charge >= 0.3 is 0 Å². The molecule has 3 rings (SSSR count). The van der Waals surface area contributed by atoms with Crippen molar-refractivity contribution in [3.05, 3.63) is 59.3 Å². The minimum Gasteiger partial charge on any atom is -0.493 e. The number of hydrogen-bond donors (Lipinski definition) is 1. The molecule has 3 aromatic rings. The number of imidazole rings is 1. The molecule has 1 aromatic heterocycles. The van der Waals surface area contributed by atoms with E-state index in [1.807, 2.05) is 31.4 Å². The van der Waals surface area contributed by atoms with E-state index < -0.39 is 0 Å². The Morgan fingerprint density at radius 3 is 2.42 bits per heavy atom. The fourth-order valence-electron chi connectivity index (χ4n) is 2.91. The van der Waals surface area contributed by atoms with E-state index in [1.54, 1.807) is 14.2 Å². The minimum absolute atomic E-state index is 0.650. The predicted octanol–water partition coefficient (Wildman–Crippen LogP) is 4.33. The van der Waals surface area contributed by atoms with Gasteiger partial charge in [0.2, 0.25) is 5.95 Å². The van der Waals surface area contributed by atoms with Gasteiger partial charge < -0.3 is 19.4 Å². The van der Waals surface area contributed by atoms with Gasteiger partial charge in [-0.1, -0.05) is 18.2 Å². The number of nitrogens with zero attached hydrogens (tertiary/aromatic N) is 2. The summed E-state index contributed by atoms with van der Waals surface area (Å²) in [4.78, 5) is 4.53. The first kappa shape index (κ1) is 17.9. The number of anilines is 1. The van der Waals surface area contributed by atoms with E-state index >= 15 is 0 Å². The van der Waals surface area contributed by atoms with Crippen molar-refractivity contribution in [2.24, 2.45) is 7.05 Å². The van der Waals surface area contributed by atoms with Crippen LogP contribution in [0, 0.1) is 13.8 Å². The summed E-state index contributed by atoms with van der Waals surface area (Å²) in [7, 11) is 5.30. The topological polar surface area (TPSA) is 48.3 Å². The average Bonchev–Trinajstić information content (AvgIpc) is 3.02. The van der Waals surface area contributed by atoms with Crippen LogP contribution in [0.5, 0.6) is 11.5 Å². The highest BCUT2D eigenvalue weighted by Gasteiger charge is 2.10. The van der Waals surface area contributed by atoms with E-state index in [0.29, 0.717) is 6.54 Å². The first-order valence-electron chi connectivity index (χ1n) is 8.57. The van der Waals surface area contributed by atoms with Crippen molar-refractivity contribution >= 4 is 5.95 Å². The number of aromatic nitrogens is 2. The summed E-state index contributed by atoms with van der Waals surface area (Å²) in [6, 6.07) is 12.4. The summed E-state index contributed by atoms with van der Waals surface area (Å²) in [5.41, 5.74) is 5.93. The molecule has 136 valence electrons. The number of rotatable bonds is 6. The summed E-state index contributed by atoms with van der Waals surface area (Å²) >= 11 is 0. The molecule has 1 N–H and O–H groups in total. The molecule has 0 bridgehead atoms. The van der Waals surface area contributed by atoms with Crippen LogP contribution in [0.3, 0.4) is 0 Å². The van der Waals surface area contributed by atoms with Gasteiger partial charge in [0.15, 0.2) is 11.5 Å². The third-order valence-corrected chi connectivity index (χ3v) is 4.69. The Labute approximate surface area is 154 Å². The van der Waals surface area contributed by atoms with Gasteiger partial charge in [-0.25, -0.2) is 4.98 Å². The van der Waals surface area contributed by atoms with Crippen molar-refractivity contribution in [2.45, 2.75) is 20.4 Å². The second kappa shape index (κ2) is 7.52. The van der Waals surface area contributed by atoms with Crippen molar-refractivity contribution in [1.29, 1.82) is 0 Å². The van der Waals surface area contributed by atoms with E-state index in [1.165, 1.54) is 16.7 Å². The fourth-order valence-corrected chi connectivity index (χ4v) is 2.91. The van der Waals surface area contributed by atoms with Crippen molar-refractivity contribution in [3.8, 4) is 22.8 Å². The number of hydrogen-bond acceptors (Lipinski definition) is 4. The van der Waals surface area contributed by atoms with E-state index in [4.69, 9.17) is 9.47 Å². The third-order valence-electron chi connectivity index (χ3n) is 4.69. The second-order valence-electron chi connectivity index (χ2n) is 6.37. The van der Waals surface area contributed by atoms with E-state index in [-0.39, 0.29) is 0 Å². The zero-order valence-electron chi connectivity index (χ0n) is 16.0. The molecule has 1 heterocycles. The quantitative estimate of drug-likeness (QED) is 0.718. The van der Waals surface area contributed by atoms with E-state index in [0.717, 1.165) is 28.7 Å². The van der Waals surface area contributed by atoms with Gasteiger partial charge in [-0.15, -0.1) is 0 Å². The summed E-state index contributed by atoms with van der Waals surface area (Å²) in [6.07, 6.45) is 1.90. The standard InChI is InChI=1S/C21H25N3O2/c1-14-6-8-17(10-15(14)2)18-13-23-21(24(18)3)22-12-16-7-9-19(25-4)20(11-16)26-5/h6-11,13H,12H2,1-5H3,(H,22,23). The van der Waals surface area contributed by atoms with Crippen LogP contribution in [0.1, 0.15) is 16.7 Å². The molecule has 5 heteroatoms. The lowest BCUT2D eigenvalue weighted by Crippen LogP contribution is -2.06. The molecule has 0 atom stereocenters. The van der Waals surface area contributed by atoms with Crippen LogP contribution in [0.25, 0.3) is 11.3 Å². The molecule has 0 fully saturated rings. The largest absolute Gasteiger partial charge is 0.493 e. The molecule has 0 saturated carbocycles. The SMILES string of the molecule is COc1ccc(CNc2ncc(-c3ccc(C)c(C)c3)n2C)cc1OC. The Balaban J connectivity index is 1.77. The number of nitrogens with one attached hydrogen (secondary N) is 1. The van der Waals surface area contributed by atoms with Gasteiger partial charge in [-0.05, 0) is 48.7 Å². The average molecular weight is 351 g/mol. The third kappa shape index (κ3) is 3.52. The zero-order chi connectivity index (χ0) is 18.7. The molecule has 0 aliphatic carbocycles. The van der Waals surface area contributed by atoms with Gasteiger partial charge in [-0.2, -0.15) is 0 Å². The maximum atomic E-state index is 5.36. The van der Waals surface area contributed by atoms with Crippen molar-refractivity contribution < 1.29 is 9.47 Å². The van der Waals surface area contributed by atoms with Crippen LogP contribution in [0.4, 0.5) is 5.95 Å². The van der Waals surface area contributed by atoms with Gasteiger partial charge in [0, 0.05) is 19.2 Å². The number of aryl methyl sites for hydroxylation is 2. The summed E-state index contributed by atoms with van der Waals surface area (Å²) in [5, 5.41) is 3.39. The molecular weight excluding hydrogens is 326 g/mol. The monoisotopic (exact) mass is 351 g/mol. The van der Waals surface area contributed by atoms with Crippen LogP contribution in [0.15, 0.2) is 42.6 Å². The molecule has 0 amide bonds. The first-order valence-corrected chi connectivity index (χ1v) is 8.57. The first-order chi connectivity index (χ1) is 12.5. The molecule has 0 spiro atoms. The summed E-state index contributed by atoms with van der Waals surface area (Å²) in [6.45, 7) is 4.90. The van der Waals surface area contributed by atoms with Crippen LogP contribution in [-0.4, -0.2) is 23.8 Å². The zero-order valence-corrected chi connectivity index (χ0v) is 16.0. The molecule has 0 radical (unpaired) electrons. The molecule has 26 heavy (non-hydrogen) atoms. The molecule has 2 aromatic carbocycles. The number of ether oxygens (including phenoxy) is 2. The van der Waals surface area contributed by atoms with Crippen LogP contribution < -0.4 is 14.8 Å². The van der Waals surface area contributed by atoms with Gasteiger partial charge in [0.25, 0.3) is 0 Å². The van der Waals surface area contributed by atoms with Crippen LogP contribution in [-0.2, 0) is 13.6 Å². The Hall–Kier alpha value is -2.95. The second-order valence-corrected chi connectivity index (χ2v) is 6.37. The normalized spacial score (nSPS) is 10.7.